The summed E-state index contributed by atoms with van der Waals surface area (Å²) in [6.45, 7) is 0. The van der Waals surface area contributed by atoms with Crippen LogP contribution in [0.2, 0.25) is 0 Å². The van der Waals surface area contributed by atoms with Crippen LogP contribution in [0.5, 0.6) is 0 Å². The summed E-state index contributed by atoms with van der Waals surface area (Å²) in [4.78, 5) is 0. The van der Waals surface area contributed by atoms with Crippen LogP contribution in [0.1, 0.15) is 12.8 Å². The van der Waals surface area contributed by atoms with E-state index in [2.05, 4.69) is 0 Å². The van der Waals surface area contributed by atoms with Crippen molar-refractivity contribution in [3.05, 3.63) is 23.8 Å². The van der Waals surface area contributed by atoms with Gasteiger partial charge in [-0.05, 0) is 12.5 Å². The Labute approximate surface area is 111 Å². The highest BCUT2D eigenvalue weighted by Crippen LogP contribution is 2.24. The van der Waals surface area contributed by atoms with Gasteiger partial charge in [0.15, 0.2) is 0 Å². The van der Waals surface area contributed by atoms with Crippen LogP contribution in [0.25, 0.3) is 0 Å². The zero-order valence-corrected chi connectivity index (χ0v) is 10.8. The van der Waals surface area contributed by atoms with Gasteiger partial charge in [-0.1, -0.05) is 0 Å². The lowest BCUT2D eigenvalue weighted by Crippen LogP contribution is -2.19. The monoisotopic (exact) mass is 318 g/mol. The summed E-state index contributed by atoms with van der Waals surface area (Å²) < 4.78 is 86.4. The van der Waals surface area contributed by atoms with Gasteiger partial charge < -0.3 is 5.73 Å². The van der Waals surface area contributed by atoms with E-state index in [1.807, 2.05) is 0 Å². The summed E-state index contributed by atoms with van der Waals surface area (Å²) in [6.07, 6.45) is -6.42. The van der Waals surface area contributed by atoms with E-state index in [4.69, 9.17) is 5.73 Å². The topological polar surface area (TPSA) is 72.2 Å². The molecule has 1 aromatic carbocycles. The minimum Gasteiger partial charge on any atom is -0.396 e. The molecule has 0 saturated heterocycles. The van der Waals surface area contributed by atoms with E-state index in [-0.39, 0.29) is 0 Å². The summed E-state index contributed by atoms with van der Waals surface area (Å²) in [5, 5.41) is 0. The smallest absolute Gasteiger partial charge is 0.389 e. The highest BCUT2D eigenvalue weighted by Gasteiger charge is 2.27. The Morgan fingerprint density at radius 3 is 2.30 bits per heavy atom. The molecule has 0 aliphatic heterocycles. The molecule has 0 unspecified atom stereocenters. The fraction of sp³-hybridized carbons (Fsp3) is 0.400. The molecule has 0 spiro atoms. The lowest BCUT2D eigenvalue weighted by molar-refractivity contribution is -0.134. The first kappa shape index (κ1) is 16.5. The number of rotatable bonds is 5. The van der Waals surface area contributed by atoms with Crippen molar-refractivity contribution in [3.8, 4) is 0 Å². The Balaban J connectivity index is 2.74. The molecule has 0 atom stereocenters. The third-order valence-corrected chi connectivity index (χ3v) is 3.58. The highest BCUT2D eigenvalue weighted by atomic mass is 32.2. The number of halogens is 5. The van der Waals surface area contributed by atoms with Crippen molar-refractivity contribution >= 4 is 21.4 Å². The van der Waals surface area contributed by atoms with Crippen molar-refractivity contribution in [2.75, 3.05) is 16.2 Å². The number of hydrogen-bond acceptors (Lipinski definition) is 3. The summed E-state index contributed by atoms with van der Waals surface area (Å²) in [5.41, 5.74) is 4.04. The maximum absolute atomic E-state index is 13.3. The van der Waals surface area contributed by atoms with E-state index in [9.17, 15) is 30.4 Å². The normalized spacial score (nSPS) is 12.4. The third-order valence-electron chi connectivity index (χ3n) is 2.23. The average Bonchev–Trinajstić information content (AvgIpc) is 2.23. The molecule has 0 aromatic heterocycles. The van der Waals surface area contributed by atoms with Gasteiger partial charge in [0.25, 0.3) is 0 Å². The number of alkyl halides is 3. The molecule has 114 valence electrons. The van der Waals surface area contributed by atoms with Gasteiger partial charge in [-0.2, -0.15) is 13.2 Å². The van der Waals surface area contributed by atoms with Crippen LogP contribution in [0.3, 0.4) is 0 Å². The number of nitrogen functional groups attached to an aromatic ring is 1. The van der Waals surface area contributed by atoms with E-state index in [0.717, 1.165) is 0 Å². The Morgan fingerprint density at radius 1 is 1.15 bits per heavy atom. The molecule has 1 rings (SSSR count). The van der Waals surface area contributed by atoms with Gasteiger partial charge in [0.05, 0.1) is 17.1 Å². The minimum absolute atomic E-state index is 0.378. The zero-order chi connectivity index (χ0) is 15.6. The summed E-state index contributed by atoms with van der Waals surface area (Å²) >= 11 is 0. The van der Waals surface area contributed by atoms with Gasteiger partial charge in [0.2, 0.25) is 10.0 Å². The molecule has 1 aromatic rings. The van der Waals surface area contributed by atoms with E-state index >= 15 is 0 Å². The van der Waals surface area contributed by atoms with Crippen LogP contribution in [0, 0.1) is 11.6 Å². The van der Waals surface area contributed by atoms with Crippen molar-refractivity contribution in [1.29, 1.82) is 0 Å². The molecule has 0 heterocycles. The van der Waals surface area contributed by atoms with Crippen LogP contribution in [0.15, 0.2) is 12.1 Å². The van der Waals surface area contributed by atoms with Crippen molar-refractivity contribution < 1.29 is 30.4 Å². The standard InChI is InChI=1S/C10H11F5N2O2S/c11-6-4-7(12)9(5-8(6)16)17-20(18,19)3-1-2-10(13,14)15/h4-5,17H,1-3,16H2. The number of anilines is 2. The Hall–Kier alpha value is -1.58. The number of nitrogens with one attached hydrogen (secondary N) is 1. The predicted molar refractivity (Wildman–Crippen MR) is 63.5 cm³/mol. The lowest BCUT2D eigenvalue weighted by atomic mass is 10.2. The first-order chi connectivity index (χ1) is 9.00. The second-order valence-corrected chi connectivity index (χ2v) is 5.84. The SMILES string of the molecule is Nc1cc(NS(=O)(=O)CCCC(F)(F)F)c(F)cc1F. The number of nitrogens with two attached hydrogens (primary N) is 1. The quantitative estimate of drug-likeness (QED) is 0.647. The summed E-state index contributed by atoms with van der Waals surface area (Å²) in [6, 6.07) is 1.09. The Bertz CT molecular complexity index is 586. The molecule has 0 radical (unpaired) electrons. The van der Waals surface area contributed by atoms with Crippen molar-refractivity contribution in [2.45, 2.75) is 19.0 Å². The minimum atomic E-state index is -4.47. The van der Waals surface area contributed by atoms with Crippen LogP contribution < -0.4 is 10.5 Å². The summed E-state index contributed by atoms with van der Waals surface area (Å²) in [7, 11) is -4.18. The van der Waals surface area contributed by atoms with Crippen LogP contribution >= 0.6 is 0 Å². The van der Waals surface area contributed by atoms with Crippen LogP contribution in [-0.4, -0.2) is 20.3 Å². The maximum Gasteiger partial charge on any atom is 0.389 e. The highest BCUT2D eigenvalue weighted by molar-refractivity contribution is 7.92. The molecule has 0 aliphatic carbocycles. The first-order valence-corrected chi connectivity index (χ1v) is 6.97. The van der Waals surface area contributed by atoms with E-state index < -0.39 is 57.8 Å². The van der Waals surface area contributed by atoms with Gasteiger partial charge >= 0.3 is 6.18 Å². The molecular formula is C10H11F5N2O2S. The first-order valence-electron chi connectivity index (χ1n) is 5.32. The molecule has 4 nitrogen and oxygen atoms in total. The second-order valence-electron chi connectivity index (χ2n) is 3.99. The zero-order valence-electron chi connectivity index (χ0n) is 9.97. The molecular weight excluding hydrogens is 307 g/mol. The third kappa shape index (κ3) is 5.19. The number of sulfonamides is 1. The van der Waals surface area contributed by atoms with Gasteiger partial charge in [0.1, 0.15) is 11.6 Å². The fourth-order valence-electron chi connectivity index (χ4n) is 1.33. The van der Waals surface area contributed by atoms with Gasteiger partial charge in [0, 0.05) is 12.5 Å². The van der Waals surface area contributed by atoms with Gasteiger partial charge in [-0.3, -0.25) is 4.72 Å². The Kier molecular flexibility index (Phi) is 4.79. The maximum atomic E-state index is 13.3. The van der Waals surface area contributed by atoms with Crippen molar-refractivity contribution in [1.82, 2.24) is 0 Å². The van der Waals surface area contributed by atoms with Crippen molar-refractivity contribution in [2.24, 2.45) is 0 Å². The molecule has 0 aliphatic rings. The molecule has 0 fully saturated rings. The van der Waals surface area contributed by atoms with Crippen LogP contribution in [0.4, 0.5) is 33.3 Å². The molecule has 10 heteroatoms. The van der Waals surface area contributed by atoms with E-state index in [1.54, 1.807) is 4.72 Å². The molecule has 20 heavy (non-hydrogen) atoms. The number of hydrogen-bond donors (Lipinski definition) is 2. The van der Waals surface area contributed by atoms with Gasteiger partial charge in [-0.15, -0.1) is 0 Å². The largest absolute Gasteiger partial charge is 0.396 e. The molecule has 3 N–H and O–H groups in total. The second kappa shape index (κ2) is 5.81. The molecule has 0 amide bonds. The fourth-order valence-corrected chi connectivity index (χ4v) is 2.44. The van der Waals surface area contributed by atoms with E-state index in [0.29, 0.717) is 12.1 Å². The summed E-state index contributed by atoms with van der Waals surface area (Å²) in [5.74, 6) is -3.12. The van der Waals surface area contributed by atoms with Gasteiger partial charge in [-0.25, -0.2) is 17.2 Å². The Morgan fingerprint density at radius 2 is 1.75 bits per heavy atom. The number of benzene rings is 1. The van der Waals surface area contributed by atoms with E-state index in [1.165, 1.54) is 0 Å². The molecule has 0 bridgehead atoms. The predicted octanol–water partition coefficient (Wildman–Crippen LogP) is 2.63. The van der Waals surface area contributed by atoms with Crippen molar-refractivity contribution in [3.63, 3.8) is 0 Å². The molecule has 0 saturated carbocycles. The average molecular weight is 318 g/mol. The van der Waals surface area contributed by atoms with Crippen LogP contribution in [-0.2, 0) is 10.0 Å². The lowest BCUT2D eigenvalue weighted by Gasteiger charge is -2.10.